The first kappa shape index (κ1) is 17.5. The van der Waals surface area contributed by atoms with Crippen LogP contribution in [0, 0.1) is 5.82 Å². The summed E-state index contributed by atoms with van der Waals surface area (Å²) in [6, 6.07) is 13.8. The lowest BCUT2D eigenvalue weighted by Gasteiger charge is -2.11. The summed E-state index contributed by atoms with van der Waals surface area (Å²) in [5, 5.41) is 5.76. The molecule has 0 unspecified atom stereocenters. The van der Waals surface area contributed by atoms with Crippen LogP contribution in [0.15, 0.2) is 84.7 Å². The van der Waals surface area contributed by atoms with Crippen LogP contribution in [0.4, 0.5) is 4.39 Å². The van der Waals surface area contributed by atoms with Gasteiger partial charge in [-0.15, -0.1) is 0 Å². The van der Waals surface area contributed by atoms with E-state index in [2.05, 4.69) is 17.2 Å². The maximum Gasteiger partial charge on any atom is 0.251 e. The van der Waals surface area contributed by atoms with Crippen LogP contribution in [0.1, 0.15) is 11.1 Å². The Bertz CT molecular complexity index is 870. The van der Waals surface area contributed by atoms with Gasteiger partial charge in [0.15, 0.2) is 0 Å². The normalized spacial score (nSPS) is 13.0. The number of ether oxygens (including phenoxy) is 1. The zero-order valence-electron chi connectivity index (χ0n) is 14.2. The number of nitrogens with one attached hydrogen (secondary N) is 2. The van der Waals surface area contributed by atoms with Crippen LogP contribution in [-0.4, -0.2) is 5.91 Å². The van der Waals surface area contributed by atoms with Gasteiger partial charge in [0.2, 0.25) is 0 Å². The third-order valence-corrected chi connectivity index (χ3v) is 3.85. The summed E-state index contributed by atoms with van der Waals surface area (Å²) >= 11 is 0. The van der Waals surface area contributed by atoms with Crippen molar-refractivity contribution in [3.05, 3.63) is 102 Å². The van der Waals surface area contributed by atoms with Gasteiger partial charge in [-0.05, 0) is 35.9 Å². The minimum atomic E-state index is -0.282. The predicted octanol–water partition coefficient (Wildman–Crippen LogP) is 3.58. The molecule has 4 nitrogen and oxygen atoms in total. The molecular weight excluding hydrogens is 331 g/mol. The second-order valence-electron chi connectivity index (χ2n) is 5.81. The second-order valence-corrected chi connectivity index (χ2v) is 5.81. The average Bonchev–Trinajstić information content (AvgIpc) is 2.66. The van der Waals surface area contributed by atoms with E-state index in [9.17, 15) is 9.18 Å². The van der Waals surface area contributed by atoms with Gasteiger partial charge < -0.3 is 15.4 Å². The van der Waals surface area contributed by atoms with Crippen LogP contribution < -0.4 is 15.4 Å². The summed E-state index contributed by atoms with van der Waals surface area (Å²) in [5.74, 6) is 0.197. The SMILES string of the molecule is C=C1C=C(C(=O)NCc2ccc(OCc3ccccc3F)cc2)C=CN1. The molecule has 132 valence electrons. The Kier molecular flexibility index (Phi) is 5.49. The number of hydrogen-bond acceptors (Lipinski definition) is 3. The van der Waals surface area contributed by atoms with E-state index in [1.165, 1.54) is 6.07 Å². The van der Waals surface area contributed by atoms with Crippen LogP contribution in [0.2, 0.25) is 0 Å². The molecule has 1 aliphatic rings. The lowest BCUT2D eigenvalue weighted by atomic mass is 10.1. The van der Waals surface area contributed by atoms with Crippen molar-refractivity contribution in [1.82, 2.24) is 10.6 Å². The second kappa shape index (κ2) is 8.16. The molecule has 0 aromatic heterocycles. The number of rotatable bonds is 6. The predicted molar refractivity (Wildman–Crippen MR) is 98.5 cm³/mol. The van der Waals surface area contributed by atoms with Gasteiger partial charge in [-0.2, -0.15) is 0 Å². The minimum absolute atomic E-state index is 0.163. The van der Waals surface area contributed by atoms with Crippen molar-refractivity contribution in [3.8, 4) is 5.75 Å². The third kappa shape index (κ3) is 4.60. The molecule has 5 heteroatoms. The summed E-state index contributed by atoms with van der Waals surface area (Å²) < 4.78 is 19.2. The first-order valence-corrected chi connectivity index (χ1v) is 8.19. The number of hydrogen-bond donors (Lipinski definition) is 2. The summed E-state index contributed by atoms with van der Waals surface area (Å²) in [5.41, 5.74) is 2.68. The minimum Gasteiger partial charge on any atom is -0.489 e. The Morgan fingerprint density at radius 1 is 1.15 bits per heavy atom. The highest BCUT2D eigenvalue weighted by Crippen LogP contribution is 2.16. The van der Waals surface area contributed by atoms with Gasteiger partial charge >= 0.3 is 0 Å². The maximum atomic E-state index is 13.6. The van der Waals surface area contributed by atoms with Crippen molar-refractivity contribution in [3.63, 3.8) is 0 Å². The van der Waals surface area contributed by atoms with Crippen molar-refractivity contribution < 1.29 is 13.9 Å². The molecule has 0 radical (unpaired) electrons. The van der Waals surface area contributed by atoms with Crippen LogP contribution in [0.25, 0.3) is 0 Å². The number of carbonyl (C=O) groups excluding carboxylic acids is 1. The Balaban J connectivity index is 1.51. The number of allylic oxidation sites excluding steroid dienone is 1. The number of amides is 1. The highest BCUT2D eigenvalue weighted by atomic mass is 19.1. The van der Waals surface area contributed by atoms with E-state index in [0.717, 1.165) is 5.56 Å². The molecule has 0 spiro atoms. The van der Waals surface area contributed by atoms with Crippen LogP contribution in [0.5, 0.6) is 5.75 Å². The zero-order valence-corrected chi connectivity index (χ0v) is 14.2. The molecule has 0 bridgehead atoms. The van der Waals surface area contributed by atoms with Gasteiger partial charge in [-0.1, -0.05) is 36.9 Å². The van der Waals surface area contributed by atoms with E-state index in [0.29, 0.717) is 29.1 Å². The number of halogens is 1. The highest BCUT2D eigenvalue weighted by Gasteiger charge is 2.09. The fourth-order valence-electron chi connectivity index (χ4n) is 2.42. The first-order chi connectivity index (χ1) is 12.6. The molecule has 2 aromatic carbocycles. The molecule has 1 aliphatic heterocycles. The van der Waals surface area contributed by atoms with Gasteiger partial charge in [0.1, 0.15) is 18.2 Å². The molecule has 1 amide bonds. The molecular formula is C21H19FN2O2. The molecule has 3 rings (SSSR count). The Labute approximate surface area is 151 Å². The quantitative estimate of drug-likeness (QED) is 0.837. The Hall–Kier alpha value is -3.34. The molecule has 0 saturated carbocycles. The number of carbonyl (C=O) groups is 1. The van der Waals surface area contributed by atoms with E-state index in [1.54, 1.807) is 48.7 Å². The summed E-state index contributed by atoms with van der Waals surface area (Å²) in [4.78, 5) is 12.1. The lowest BCUT2D eigenvalue weighted by molar-refractivity contribution is -0.117. The molecule has 2 aromatic rings. The van der Waals surface area contributed by atoms with E-state index in [4.69, 9.17) is 4.74 Å². The first-order valence-electron chi connectivity index (χ1n) is 8.19. The van der Waals surface area contributed by atoms with Gasteiger partial charge in [0, 0.05) is 29.6 Å². The smallest absolute Gasteiger partial charge is 0.251 e. The van der Waals surface area contributed by atoms with Crippen molar-refractivity contribution >= 4 is 5.91 Å². The summed E-state index contributed by atoms with van der Waals surface area (Å²) in [6.07, 6.45) is 5.07. The zero-order chi connectivity index (χ0) is 18.4. The summed E-state index contributed by atoms with van der Waals surface area (Å²) in [6.45, 7) is 4.33. The van der Waals surface area contributed by atoms with E-state index < -0.39 is 0 Å². The maximum absolute atomic E-state index is 13.6. The molecule has 0 saturated heterocycles. The molecule has 2 N–H and O–H groups in total. The van der Waals surface area contributed by atoms with E-state index in [1.807, 2.05) is 12.1 Å². The van der Waals surface area contributed by atoms with E-state index >= 15 is 0 Å². The highest BCUT2D eigenvalue weighted by molar-refractivity contribution is 5.96. The lowest BCUT2D eigenvalue weighted by Crippen LogP contribution is -2.25. The number of benzene rings is 2. The Morgan fingerprint density at radius 3 is 2.65 bits per heavy atom. The third-order valence-electron chi connectivity index (χ3n) is 3.85. The number of dihydropyridines is 1. The fourth-order valence-corrected chi connectivity index (χ4v) is 2.42. The summed E-state index contributed by atoms with van der Waals surface area (Å²) in [7, 11) is 0. The molecule has 26 heavy (non-hydrogen) atoms. The van der Waals surface area contributed by atoms with Crippen molar-refractivity contribution in [2.45, 2.75) is 13.2 Å². The van der Waals surface area contributed by atoms with Crippen LogP contribution >= 0.6 is 0 Å². The van der Waals surface area contributed by atoms with E-state index in [-0.39, 0.29) is 18.3 Å². The van der Waals surface area contributed by atoms with Gasteiger partial charge in [-0.3, -0.25) is 4.79 Å². The molecule has 1 heterocycles. The topological polar surface area (TPSA) is 50.4 Å². The molecule has 0 aliphatic carbocycles. The van der Waals surface area contributed by atoms with Crippen molar-refractivity contribution in [2.75, 3.05) is 0 Å². The van der Waals surface area contributed by atoms with Crippen molar-refractivity contribution in [2.24, 2.45) is 0 Å². The average molecular weight is 350 g/mol. The van der Waals surface area contributed by atoms with Crippen LogP contribution in [0.3, 0.4) is 0 Å². The Morgan fingerprint density at radius 2 is 1.92 bits per heavy atom. The monoisotopic (exact) mass is 350 g/mol. The largest absolute Gasteiger partial charge is 0.489 e. The van der Waals surface area contributed by atoms with Gasteiger partial charge in [0.25, 0.3) is 5.91 Å². The standard InChI is InChI=1S/C21H19FN2O2/c1-15-12-17(10-11-23-15)21(25)24-13-16-6-8-19(9-7-16)26-14-18-4-2-3-5-20(18)22/h2-12,23H,1,13-14H2,(H,24,25). The fraction of sp³-hybridized carbons (Fsp3) is 0.0952. The van der Waals surface area contributed by atoms with Gasteiger partial charge in [-0.25, -0.2) is 4.39 Å². The van der Waals surface area contributed by atoms with Crippen LogP contribution in [-0.2, 0) is 17.9 Å². The molecule has 0 atom stereocenters. The molecule has 0 fully saturated rings. The van der Waals surface area contributed by atoms with Gasteiger partial charge in [0.05, 0.1) is 0 Å². The van der Waals surface area contributed by atoms with Crippen molar-refractivity contribution in [1.29, 1.82) is 0 Å².